The molecule has 0 saturated heterocycles. The lowest BCUT2D eigenvalue weighted by Crippen LogP contribution is -2.12. The number of unbranched alkanes of at least 4 members (excludes halogenated alkanes) is 5. The van der Waals surface area contributed by atoms with Crippen molar-refractivity contribution < 1.29 is 28.5 Å². The number of ether oxygens (including phenoxy) is 5. The molecule has 0 aromatic heterocycles. The maximum Gasteiger partial charge on any atom is 0.305 e. The minimum absolute atomic E-state index is 0.124. The second-order valence-electron chi connectivity index (χ2n) is 6.54. The molecule has 0 radical (unpaired) electrons. The Morgan fingerprint density at radius 1 is 0.519 bits per heavy atom. The van der Waals surface area contributed by atoms with Gasteiger partial charge >= 0.3 is 5.97 Å². The summed E-state index contributed by atoms with van der Waals surface area (Å²) < 4.78 is 26.9. The van der Waals surface area contributed by atoms with Gasteiger partial charge in [0.2, 0.25) is 0 Å². The van der Waals surface area contributed by atoms with Gasteiger partial charge in [-0.15, -0.1) is 0 Å². The first-order valence-electron chi connectivity index (χ1n) is 10.8. The molecule has 162 valence electrons. The van der Waals surface area contributed by atoms with Crippen LogP contribution in [0.3, 0.4) is 0 Å². The van der Waals surface area contributed by atoms with Crippen LogP contribution in [0.1, 0.15) is 71.6 Å². The molecule has 0 fully saturated rings. The molecule has 6 heteroatoms. The first-order chi connectivity index (χ1) is 13.3. The highest BCUT2D eigenvalue weighted by atomic mass is 16.6. The Morgan fingerprint density at radius 3 is 1.56 bits per heavy atom. The molecule has 0 unspecified atom stereocenters. The monoisotopic (exact) mass is 390 g/mol. The van der Waals surface area contributed by atoms with Crippen molar-refractivity contribution in [2.75, 3.05) is 59.5 Å². The van der Waals surface area contributed by atoms with Crippen molar-refractivity contribution in [3.63, 3.8) is 0 Å². The zero-order valence-electron chi connectivity index (χ0n) is 17.7. The van der Waals surface area contributed by atoms with Crippen LogP contribution in [0.25, 0.3) is 0 Å². The van der Waals surface area contributed by atoms with Crippen LogP contribution in [-0.4, -0.2) is 65.4 Å². The van der Waals surface area contributed by atoms with E-state index in [1.54, 1.807) is 0 Å². The fraction of sp³-hybridized carbons (Fsp3) is 0.952. The first-order valence-corrected chi connectivity index (χ1v) is 10.8. The van der Waals surface area contributed by atoms with E-state index < -0.39 is 0 Å². The number of hydrogen-bond donors (Lipinski definition) is 0. The van der Waals surface area contributed by atoms with Crippen molar-refractivity contribution >= 4 is 5.97 Å². The summed E-state index contributed by atoms with van der Waals surface area (Å²) in [6, 6.07) is 0. The molecule has 0 aliphatic carbocycles. The minimum Gasteiger partial charge on any atom is -0.466 e. The topological polar surface area (TPSA) is 63.2 Å². The SMILES string of the molecule is CCCCCCCOC(=O)CCCOCCOCCOCCOCCCC. The molecule has 0 rings (SSSR count). The third-order valence-corrected chi connectivity index (χ3v) is 3.94. The molecular weight excluding hydrogens is 348 g/mol. The molecule has 0 aliphatic heterocycles. The number of hydrogen-bond acceptors (Lipinski definition) is 6. The van der Waals surface area contributed by atoms with Crippen molar-refractivity contribution in [3.05, 3.63) is 0 Å². The smallest absolute Gasteiger partial charge is 0.305 e. The number of carbonyl (C=O) groups excluding carboxylic acids is 1. The maximum atomic E-state index is 11.5. The lowest BCUT2D eigenvalue weighted by Gasteiger charge is -2.07. The maximum absolute atomic E-state index is 11.5. The Bertz CT molecular complexity index is 298. The van der Waals surface area contributed by atoms with E-state index in [4.69, 9.17) is 23.7 Å². The lowest BCUT2D eigenvalue weighted by atomic mass is 10.2. The average Bonchev–Trinajstić information content (AvgIpc) is 2.67. The fourth-order valence-electron chi connectivity index (χ4n) is 2.29. The molecule has 0 atom stereocenters. The molecule has 0 heterocycles. The van der Waals surface area contributed by atoms with E-state index in [2.05, 4.69) is 13.8 Å². The van der Waals surface area contributed by atoms with Crippen LogP contribution in [0.15, 0.2) is 0 Å². The molecular formula is C21H42O6. The van der Waals surface area contributed by atoms with Gasteiger partial charge < -0.3 is 23.7 Å². The van der Waals surface area contributed by atoms with Crippen molar-refractivity contribution in [2.24, 2.45) is 0 Å². The third-order valence-electron chi connectivity index (χ3n) is 3.94. The highest BCUT2D eigenvalue weighted by molar-refractivity contribution is 5.69. The molecule has 6 nitrogen and oxygen atoms in total. The zero-order valence-corrected chi connectivity index (χ0v) is 17.7. The number of carbonyl (C=O) groups is 1. The molecule has 27 heavy (non-hydrogen) atoms. The molecule has 0 aromatic rings. The zero-order chi connectivity index (χ0) is 19.8. The summed E-state index contributed by atoms with van der Waals surface area (Å²) in [6.07, 6.45) is 9.19. The summed E-state index contributed by atoms with van der Waals surface area (Å²) in [5.74, 6) is -0.124. The Morgan fingerprint density at radius 2 is 1.00 bits per heavy atom. The Balaban J connectivity index is 3.10. The van der Waals surface area contributed by atoms with Crippen LogP contribution in [0.5, 0.6) is 0 Å². The third kappa shape index (κ3) is 23.3. The first kappa shape index (κ1) is 26.3. The largest absolute Gasteiger partial charge is 0.466 e. The predicted molar refractivity (Wildman–Crippen MR) is 107 cm³/mol. The summed E-state index contributed by atoms with van der Waals surface area (Å²) in [5, 5.41) is 0. The van der Waals surface area contributed by atoms with Gasteiger partial charge in [0.25, 0.3) is 0 Å². The molecule has 0 aromatic carbocycles. The van der Waals surface area contributed by atoms with E-state index in [-0.39, 0.29) is 5.97 Å². The van der Waals surface area contributed by atoms with Gasteiger partial charge in [-0.2, -0.15) is 0 Å². The van der Waals surface area contributed by atoms with E-state index in [1.807, 2.05) is 0 Å². The normalized spacial score (nSPS) is 11.0. The molecule has 0 amide bonds. The van der Waals surface area contributed by atoms with E-state index in [9.17, 15) is 4.79 Å². The van der Waals surface area contributed by atoms with E-state index in [1.165, 1.54) is 19.3 Å². The molecule has 0 saturated carbocycles. The summed E-state index contributed by atoms with van der Waals surface area (Å²) in [6.45, 7) is 9.70. The molecule has 0 N–H and O–H groups in total. The minimum atomic E-state index is -0.124. The quantitative estimate of drug-likeness (QED) is 0.204. The van der Waals surface area contributed by atoms with Crippen LogP contribution in [0, 0.1) is 0 Å². The van der Waals surface area contributed by atoms with Gasteiger partial charge in [-0.1, -0.05) is 46.0 Å². The van der Waals surface area contributed by atoms with Crippen molar-refractivity contribution in [3.8, 4) is 0 Å². The summed E-state index contributed by atoms with van der Waals surface area (Å²) in [4.78, 5) is 11.5. The van der Waals surface area contributed by atoms with Gasteiger partial charge in [-0.25, -0.2) is 0 Å². The van der Waals surface area contributed by atoms with Crippen LogP contribution >= 0.6 is 0 Å². The van der Waals surface area contributed by atoms with Gasteiger partial charge in [-0.05, 0) is 19.3 Å². The van der Waals surface area contributed by atoms with E-state index >= 15 is 0 Å². The van der Waals surface area contributed by atoms with Crippen LogP contribution in [0.2, 0.25) is 0 Å². The molecule has 0 bridgehead atoms. The number of esters is 1. The summed E-state index contributed by atoms with van der Waals surface area (Å²) in [7, 11) is 0. The Kier molecular flexibility index (Phi) is 22.8. The van der Waals surface area contributed by atoms with Crippen molar-refractivity contribution in [1.29, 1.82) is 0 Å². The van der Waals surface area contributed by atoms with Gasteiger partial charge in [-0.3, -0.25) is 4.79 Å². The summed E-state index contributed by atoms with van der Waals surface area (Å²) in [5.41, 5.74) is 0. The summed E-state index contributed by atoms with van der Waals surface area (Å²) >= 11 is 0. The molecule has 0 spiro atoms. The number of rotatable bonds is 22. The second kappa shape index (κ2) is 23.3. The van der Waals surface area contributed by atoms with E-state index in [0.717, 1.165) is 32.3 Å². The van der Waals surface area contributed by atoms with Gasteiger partial charge in [0, 0.05) is 19.6 Å². The highest BCUT2D eigenvalue weighted by Crippen LogP contribution is 2.03. The average molecular weight is 391 g/mol. The fourth-order valence-corrected chi connectivity index (χ4v) is 2.29. The van der Waals surface area contributed by atoms with E-state index in [0.29, 0.717) is 65.7 Å². The Hall–Kier alpha value is -0.690. The van der Waals surface area contributed by atoms with Crippen molar-refractivity contribution in [2.45, 2.75) is 71.6 Å². The molecule has 0 aliphatic rings. The van der Waals surface area contributed by atoms with Gasteiger partial charge in [0.1, 0.15) is 0 Å². The van der Waals surface area contributed by atoms with Gasteiger partial charge in [0.15, 0.2) is 0 Å². The van der Waals surface area contributed by atoms with Crippen LogP contribution < -0.4 is 0 Å². The predicted octanol–water partition coefficient (Wildman–Crippen LogP) is 4.15. The Labute approximate surface area is 166 Å². The van der Waals surface area contributed by atoms with Crippen LogP contribution in [-0.2, 0) is 28.5 Å². The van der Waals surface area contributed by atoms with Crippen molar-refractivity contribution in [1.82, 2.24) is 0 Å². The van der Waals surface area contributed by atoms with Gasteiger partial charge in [0.05, 0.1) is 46.2 Å². The standard InChI is InChI=1S/C21H42O6/c1-3-5-7-8-9-14-27-21(22)11-10-13-24-16-18-26-20-19-25-17-15-23-12-6-4-2/h3-20H2,1-2H3. The second-order valence-corrected chi connectivity index (χ2v) is 6.54. The lowest BCUT2D eigenvalue weighted by molar-refractivity contribution is -0.144. The highest BCUT2D eigenvalue weighted by Gasteiger charge is 2.02. The van der Waals surface area contributed by atoms with Crippen LogP contribution in [0.4, 0.5) is 0 Å².